The fraction of sp³-hybridized carbons (Fsp3) is 0.278. The fourth-order valence-corrected chi connectivity index (χ4v) is 7.70. The summed E-state index contributed by atoms with van der Waals surface area (Å²) in [6, 6.07) is 10.7. The summed E-state index contributed by atoms with van der Waals surface area (Å²) in [4.78, 5) is 28.0. The second kappa shape index (κ2) is 11.3. The van der Waals surface area contributed by atoms with E-state index in [0.29, 0.717) is 5.56 Å². The van der Waals surface area contributed by atoms with E-state index < -0.39 is 123 Å². The second-order valence-electron chi connectivity index (χ2n) is 12.9. The minimum absolute atomic E-state index is 0.0517. The third-order valence-corrected chi connectivity index (χ3v) is 10.0. The number of ketones is 2. The SMILES string of the molecule is Cc1cc(O)c2c(c1)[C@](O)(C1O[C@H](CO)[C@H](O)[C@@H](O)[C@H]1O)c1ccc([C@@]3(O)c4cccc(O)c4C(=O)c4c(O)cc(CO)cc43)c(O)c1C2=O. The van der Waals surface area contributed by atoms with Crippen molar-refractivity contribution in [3.05, 3.63) is 116 Å². The van der Waals surface area contributed by atoms with Crippen molar-refractivity contribution in [3.8, 4) is 23.0 Å². The van der Waals surface area contributed by atoms with Gasteiger partial charge in [-0.1, -0.05) is 30.3 Å². The van der Waals surface area contributed by atoms with E-state index in [0.717, 1.165) is 18.2 Å². The Labute approximate surface area is 282 Å². The highest BCUT2D eigenvalue weighted by molar-refractivity contribution is 6.18. The third kappa shape index (κ3) is 4.25. The highest BCUT2D eigenvalue weighted by atomic mass is 16.6. The van der Waals surface area contributed by atoms with Crippen molar-refractivity contribution in [2.24, 2.45) is 0 Å². The average Bonchev–Trinajstić information content (AvgIpc) is 3.07. The molecule has 0 spiro atoms. The number of ether oxygens (including phenoxy) is 1. The molecule has 0 aromatic heterocycles. The standard InChI is InChI=1S/C36H32O14/c1-13-7-18-25(21(40)8-13)31(45)27-16(36(18,49)34-33(47)32(46)29(43)23(12-38)50-34)5-6-17(28(27)42)35(48)15-3-2-4-20(39)24(15)30(44)26-19(35)9-14(11-37)10-22(26)41/h2-10,23,29,32-34,37-43,46-49H,11-12H2,1H3/t23-,29+,32-,33-,34?,35+,36+/m1/s1. The molecule has 0 bridgehead atoms. The van der Waals surface area contributed by atoms with E-state index in [1.807, 2.05) is 0 Å². The van der Waals surface area contributed by atoms with E-state index in [4.69, 9.17) is 4.74 Å². The first kappa shape index (κ1) is 33.6. The van der Waals surface area contributed by atoms with Gasteiger partial charge in [-0.15, -0.1) is 0 Å². The normalized spacial score (nSPS) is 28.4. The number of hydrogen-bond acceptors (Lipinski definition) is 14. The van der Waals surface area contributed by atoms with E-state index in [-0.39, 0.29) is 22.3 Å². The summed E-state index contributed by atoms with van der Waals surface area (Å²) in [5.41, 5.74) is -8.90. The summed E-state index contributed by atoms with van der Waals surface area (Å²) in [7, 11) is 0. The van der Waals surface area contributed by atoms with Crippen molar-refractivity contribution in [2.75, 3.05) is 6.61 Å². The lowest BCUT2D eigenvalue weighted by Crippen LogP contribution is -2.65. The molecule has 7 rings (SSSR count). The van der Waals surface area contributed by atoms with Crippen LogP contribution in [0, 0.1) is 6.92 Å². The number of aliphatic hydroxyl groups is 7. The molecular weight excluding hydrogens is 656 g/mol. The first-order valence-electron chi connectivity index (χ1n) is 15.5. The Hall–Kier alpha value is -4.90. The van der Waals surface area contributed by atoms with Crippen LogP contribution in [0.25, 0.3) is 0 Å². The van der Waals surface area contributed by atoms with E-state index in [1.165, 1.54) is 43.3 Å². The van der Waals surface area contributed by atoms with Gasteiger partial charge in [0.15, 0.2) is 0 Å². The number of phenolic OH excluding ortho intramolecular Hbond substituents is 4. The van der Waals surface area contributed by atoms with Gasteiger partial charge in [-0.25, -0.2) is 0 Å². The number of benzene rings is 4. The Kier molecular flexibility index (Phi) is 7.60. The molecule has 11 N–H and O–H groups in total. The minimum Gasteiger partial charge on any atom is -0.507 e. The molecule has 1 saturated heterocycles. The van der Waals surface area contributed by atoms with Crippen LogP contribution in [0.1, 0.15) is 70.8 Å². The number of phenols is 4. The van der Waals surface area contributed by atoms with Crippen LogP contribution in [0.2, 0.25) is 0 Å². The van der Waals surface area contributed by atoms with Gasteiger partial charge in [0.05, 0.1) is 35.5 Å². The van der Waals surface area contributed by atoms with E-state index in [1.54, 1.807) is 0 Å². The Morgan fingerprint density at radius 2 is 1.28 bits per heavy atom. The maximum Gasteiger partial charge on any atom is 0.201 e. The van der Waals surface area contributed by atoms with Crippen LogP contribution in [-0.4, -0.2) is 105 Å². The van der Waals surface area contributed by atoms with Gasteiger partial charge >= 0.3 is 0 Å². The molecule has 50 heavy (non-hydrogen) atoms. The average molecular weight is 689 g/mol. The molecule has 2 aliphatic carbocycles. The van der Waals surface area contributed by atoms with E-state index >= 15 is 0 Å². The topological polar surface area (TPSA) is 266 Å². The van der Waals surface area contributed by atoms with E-state index in [9.17, 15) is 65.8 Å². The Balaban J connectivity index is 1.56. The number of rotatable bonds is 4. The molecule has 1 aliphatic heterocycles. The van der Waals surface area contributed by atoms with Crippen molar-refractivity contribution < 1.29 is 70.5 Å². The molecule has 0 saturated carbocycles. The van der Waals surface area contributed by atoms with Gasteiger partial charge in [0.2, 0.25) is 11.6 Å². The van der Waals surface area contributed by atoms with Crippen LogP contribution >= 0.6 is 0 Å². The van der Waals surface area contributed by atoms with Crippen LogP contribution in [0.15, 0.2) is 54.6 Å². The molecule has 14 heteroatoms. The minimum atomic E-state index is -2.69. The maximum atomic E-state index is 14.3. The quantitative estimate of drug-likeness (QED) is 0.132. The third-order valence-electron chi connectivity index (χ3n) is 10.0. The summed E-state index contributed by atoms with van der Waals surface area (Å²) >= 11 is 0. The number of aryl methyl sites for hydroxylation is 1. The van der Waals surface area contributed by atoms with Gasteiger partial charge < -0.3 is 60.9 Å². The molecule has 0 amide bonds. The molecule has 7 atom stereocenters. The first-order valence-corrected chi connectivity index (χ1v) is 15.5. The van der Waals surface area contributed by atoms with Crippen molar-refractivity contribution in [1.29, 1.82) is 0 Å². The summed E-state index contributed by atoms with van der Waals surface area (Å²) in [6.45, 7) is 0.0301. The Morgan fingerprint density at radius 3 is 1.96 bits per heavy atom. The van der Waals surface area contributed by atoms with Crippen molar-refractivity contribution in [2.45, 2.75) is 55.3 Å². The molecule has 14 nitrogen and oxygen atoms in total. The summed E-state index contributed by atoms with van der Waals surface area (Å²) in [5, 5.41) is 122. The van der Waals surface area contributed by atoms with Gasteiger partial charge in [0.1, 0.15) is 64.7 Å². The highest BCUT2D eigenvalue weighted by Crippen LogP contribution is 2.55. The lowest BCUT2D eigenvalue weighted by atomic mass is 9.65. The number of carbonyl (C=O) groups excluding carboxylic acids is 2. The lowest BCUT2D eigenvalue weighted by Gasteiger charge is -2.49. The Morgan fingerprint density at radius 1 is 0.660 bits per heavy atom. The molecular formula is C36H32O14. The predicted molar refractivity (Wildman–Crippen MR) is 169 cm³/mol. The monoisotopic (exact) mass is 688 g/mol. The van der Waals surface area contributed by atoms with Crippen molar-refractivity contribution in [1.82, 2.24) is 0 Å². The Bertz CT molecular complexity index is 2120. The molecule has 4 aromatic rings. The highest BCUT2D eigenvalue weighted by Gasteiger charge is 2.59. The van der Waals surface area contributed by atoms with Gasteiger partial charge in [-0.05, 0) is 42.3 Å². The zero-order valence-electron chi connectivity index (χ0n) is 26.1. The number of carbonyl (C=O) groups is 2. The fourth-order valence-electron chi connectivity index (χ4n) is 7.70. The molecule has 1 fully saturated rings. The van der Waals surface area contributed by atoms with Crippen LogP contribution in [0.3, 0.4) is 0 Å². The van der Waals surface area contributed by atoms with Gasteiger partial charge in [0, 0.05) is 27.8 Å². The van der Waals surface area contributed by atoms with Crippen LogP contribution < -0.4 is 0 Å². The number of aliphatic hydroxyl groups excluding tert-OH is 5. The molecule has 3 aliphatic rings. The lowest BCUT2D eigenvalue weighted by molar-refractivity contribution is -0.265. The molecule has 1 unspecified atom stereocenters. The largest absolute Gasteiger partial charge is 0.507 e. The maximum absolute atomic E-state index is 14.3. The second-order valence-corrected chi connectivity index (χ2v) is 12.9. The molecule has 0 radical (unpaired) electrons. The van der Waals surface area contributed by atoms with Crippen molar-refractivity contribution >= 4 is 11.6 Å². The predicted octanol–water partition coefficient (Wildman–Crippen LogP) is -0.239. The van der Waals surface area contributed by atoms with Crippen LogP contribution in [0.4, 0.5) is 0 Å². The van der Waals surface area contributed by atoms with Gasteiger partial charge in [-0.3, -0.25) is 9.59 Å². The zero-order valence-corrected chi connectivity index (χ0v) is 26.1. The zero-order chi connectivity index (χ0) is 36.2. The number of fused-ring (bicyclic) bond motifs is 4. The number of hydrogen-bond donors (Lipinski definition) is 11. The number of aromatic hydroxyl groups is 4. The molecule has 4 aromatic carbocycles. The van der Waals surface area contributed by atoms with Gasteiger partial charge in [0.25, 0.3) is 0 Å². The van der Waals surface area contributed by atoms with Crippen LogP contribution in [-0.2, 0) is 22.5 Å². The smallest absolute Gasteiger partial charge is 0.201 e. The summed E-state index contributed by atoms with van der Waals surface area (Å²) in [5.74, 6) is -4.83. The molecule has 260 valence electrons. The van der Waals surface area contributed by atoms with Crippen molar-refractivity contribution in [3.63, 3.8) is 0 Å². The molecule has 1 heterocycles. The van der Waals surface area contributed by atoms with Crippen LogP contribution in [0.5, 0.6) is 23.0 Å². The summed E-state index contributed by atoms with van der Waals surface area (Å²) < 4.78 is 5.76. The summed E-state index contributed by atoms with van der Waals surface area (Å²) in [6.07, 6.45) is -9.30. The van der Waals surface area contributed by atoms with E-state index in [2.05, 4.69) is 0 Å². The first-order chi connectivity index (χ1) is 23.6. The van der Waals surface area contributed by atoms with Gasteiger partial charge in [-0.2, -0.15) is 0 Å².